The van der Waals surface area contributed by atoms with Crippen molar-refractivity contribution in [2.75, 3.05) is 27.8 Å². The van der Waals surface area contributed by atoms with Crippen LogP contribution in [0.25, 0.3) is 0 Å². The summed E-state index contributed by atoms with van der Waals surface area (Å²) < 4.78 is 26.0. The SMILES string of the molecule is COc1ccc2c3c1O[C@@H]1[C@@]4(OC)C=C[C@@]5(C[C@@H]4[C@H](C)OCc4ccccc4)[C@@H](C2)N(C)CC[C@]315. The van der Waals surface area contributed by atoms with Gasteiger partial charge < -0.3 is 23.8 Å². The van der Waals surface area contributed by atoms with Gasteiger partial charge in [0.2, 0.25) is 0 Å². The largest absolute Gasteiger partial charge is 0.493 e. The van der Waals surface area contributed by atoms with Gasteiger partial charge in [-0.2, -0.15) is 0 Å². The van der Waals surface area contributed by atoms with E-state index in [-0.39, 0.29) is 29.0 Å². The molecule has 2 aliphatic heterocycles. The number of likely N-dealkylation sites (N-methyl/N-ethyl adjacent to an activating group) is 1. The van der Waals surface area contributed by atoms with Crippen molar-refractivity contribution in [3.63, 3.8) is 0 Å². The summed E-state index contributed by atoms with van der Waals surface area (Å²) >= 11 is 0. The van der Waals surface area contributed by atoms with E-state index in [0.29, 0.717) is 12.6 Å². The first kappa shape index (κ1) is 21.9. The highest BCUT2D eigenvalue weighted by Gasteiger charge is 2.79. The summed E-state index contributed by atoms with van der Waals surface area (Å²) in [7, 11) is 5.91. The van der Waals surface area contributed by atoms with Gasteiger partial charge in [0.25, 0.3) is 0 Å². The first-order valence-corrected chi connectivity index (χ1v) is 13.0. The summed E-state index contributed by atoms with van der Waals surface area (Å²) in [5, 5.41) is 0. The van der Waals surface area contributed by atoms with Crippen LogP contribution in [0.5, 0.6) is 11.5 Å². The monoisotopic (exact) mass is 473 g/mol. The van der Waals surface area contributed by atoms with Crippen LogP contribution < -0.4 is 9.47 Å². The number of nitrogens with zero attached hydrogens (tertiary/aromatic N) is 1. The van der Waals surface area contributed by atoms with E-state index in [1.165, 1.54) is 16.7 Å². The van der Waals surface area contributed by atoms with E-state index >= 15 is 0 Å². The van der Waals surface area contributed by atoms with Gasteiger partial charge >= 0.3 is 0 Å². The van der Waals surface area contributed by atoms with E-state index in [4.69, 9.17) is 18.9 Å². The van der Waals surface area contributed by atoms with Crippen LogP contribution in [0.2, 0.25) is 0 Å². The van der Waals surface area contributed by atoms with Gasteiger partial charge in [0.1, 0.15) is 11.7 Å². The quantitative estimate of drug-likeness (QED) is 0.577. The molecular formula is C30H35NO4. The van der Waals surface area contributed by atoms with Crippen molar-refractivity contribution in [2.24, 2.45) is 11.3 Å². The van der Waals surface area contributed by atoms with Crippen LogP contribution in [0, 0.1) is 11.3 Å². The Labute approximate surface area is 208 Å². The molecule has 5 heteroatoms. The van der Waals surface area contributed by atoms with Gasteiger partial charge in [-0.15, -0.1) is 0 Å². The van der Waals surface area contributed by atoms with Gasteiger partial charge in [-0.25, -0.2) is 0 Å². The Morgan fingerprint density at radius 3 is 2.71 bits per heavy atom. The summed E-state index contributed by atoms with van der Waals surface area (Å²) in [4.78, 5) is 2.59. The van der Waals surface area contributed by atoms with E-state index in [1.54, 1.807) is 7.11 Å². The van der Waals surface area contributed by atoms with Crippen LogP contribution in [-0.4, -0.2) is 56.6 Å². The molecule has 2 aromatic rings. The maximum Gasteiger partial charge on any atom is 0.166 e. The predicted molar refractivity (Wildman–Crippen MR) is 134 cm³/mol. The molecule has 1 saturated heterocycles. The minimum Gasteiger partial charge on any atom is -0.493 e. The number of ether oxygens (including phenoxy) is 4. The molecule has 2 aromatic carbocycles. The number of piperidine rings is 1. The van der Waals surface area contributed by atoms with Crippen LogP contribution >= 0.6 is 0 Å². The average molecular weight is 474 g/mol. The molecule has 0 aromatic heterocycles. The molecule has 0 N–H and O–H groups in total. The molecule has 0 unspecified atom stereocenters. The molecule has 184 valence electrons. The maximum atomic E-state index is 7.03. The molecular weight excluding hydrogens is 438 g/mol. The lowest BCUT2D eigenvalue weighted by atomic mass is 9.37. The zero-order valence-corrected chi connectivity index (χ0v) is 21.1. The third-order valence-corrected chi connectivity index (χ3v) is 10.3. The van der Waals surface area contributed by atoms with Crippen molar-refractivity contribution in [3.8, 4) is 11.5 Å². The Morgan fingerprint density at radius 1 is 1.11 bits per heavy atom. The van der Waals surface area contributed by atoms with Gasteiger partial charge in [-0.05, 0) is 57.0 Å². The molecule has 8 rings (SSSR count). The van der Waals surface area contributed by atoms with Crippen molar-refractivity contribution < 1.29 is 18.9 Å². The van der Waals surface area contributed by atoms with E-state index < -0.39 is 5.60 Å². The van der Waals surface area contributed by atoms with Gasteiger partial charge in [0.15, 0.2) is 11.5 Å². The predicted octanol–water partition coefficient (Wildman–Crippen LogP) is 4.52. The Balaban J connectivity index is 1.36. The molecule has 6 aliphatic rings. The number of benzene rings is 2. The third kappa shape index (κ3) is 2.49. The lowest BCUT2D eigenvalue weighted by molar-refractivity contribution is -0.234. The fraction of sp³-hybridized carbons (Fsp3) is 0.533. The van der Waals surface area contributed by atoms with Gasteiger partial charge in [-0.1, -0.05) is 48.6 Å². The topological polar surface area (TPSA) is 40.2 Å². The van der Waals surface area contributed by atoms with Crippen molar-refractivity contribution in [1.29, 1.82) is 0 Å². The van der Waals surface area contributed by atoms with Crippen LogP contribution in [0.15, 0.2) is 54.6 Å². The van der Waals surface area contributed by atoms with E-state index in [0.717, 1.165) is 37.3 Å². The number of rotatable bonds is 6. The molecule has 0 amide bonds. The Kier molecular flexibility index (Phi) is 4.60. The molecule has 2 fully saturated rings. The first-order chi connectivity index (χ1) is 17.0. The number of hydrogen-bond acceptors (Lipinski definition) is 5. The highest BCUT2D eigenvalue weighted by Crippen LogP contribution is 2.74. The van der Waals surface area contributed by atoms with Crippen molar-refractivity contribution in [3.05, 3.63) is 71.3 Å². The van der Waals surface area contributed by atoms with Gasteiger partial charge in [0.05, 0.1) is 25.2 Å². The second-order valence-electron chi connectivity index (χ2n) is 11.3. The molecule has 2 spiro atoms. The Bertz CT molecular complexity index is 1200. The third-order valence-electron chi connectivity index (χ3n) is 10.3. The second-order valence-corrected chi connectivity index (χ2v) is 11.3. The average Bonchev–Trinajstić information content (AvgIpc) is 3.27. The minimum absolute atomic E-state index is 0.00933. The van der Waals surface area contributed by atoms with E-state index in [1.807, 2.05) is 13.2 Å². The number of hydrogen-bond donors (Lipinski definition) is 0. The zero-order valence-electron chi connectivity index (χ0n) is 21.1. The summed E-state index contributed by atoms with van der Waals surface area (Å²) in [5.74, 6) is 1.98. The molecule has 7 atom stereocenters. The molecule has 1 saturated carbocycles. The second kappa shape index (κ2) is 7.34. The number of likely N-dealkylation sites (tertiary alicyclic amines) is 1. The summed E-state index contributed by atoms with van der Waals surface area (Å²) in [6.07, 6.45) is 7.95. The van der Waals surface area contributed by atoms with Crippen molar-refractivity contribution in [1.82, 2.24) is 4.90 Å². The van der Waals surface area contributed by atoms with Crippen LogP contribution in [0.3, 0.4) is 0 Å². The normalized spacial score (nSPS) is 38.7. The lowest BCUT2D eigenvalue weighted by Gasteiger charge is -2.71. The van der Waals surface area contributed by atoms with E-state index in [2.05, 4.69) is 67.4 Å². The Morgan fingerprint density at radius 2 is 1.94 bits per heavy atom. The summed E-state index contributed by atoms with van der Waals surface area (Å²) in [5.41, 5.74) is 3.37. The smallest absolute Gasteiger partial charge is 0.166 e. The van der Waals surface area contributed by atoms with Crippen molar-refractivity contribution >= 4 is 0 Å². The number of fused-ring (bicyclic) bond motifs is 1. The molecule has 4 bridgehead atoms. The molecule has 2 heterocycles. The zero-order chi connectivity index (χ0) is 24.0. The van der Waals surface area contributed by atoms with E-state index in [9.17, 15) is 0 Å². The molecule has 0 radical (unpaired) electrons. The highest BCUT2D eigenvalue weighted by atomic mass is 16.6. The standard InChI is InChI=1S/C30H35NO4/c1-19(34-18-20-8-6-5-7-9-20)22-17-28-12-13-30(22,33-4)27-29(28)14-15-31(2)24(28)16-21-10-11-23(32-3)26(35-27)25(21)29/h5-13,19,22,24,27H,14-18H2,1-4H3/t19-,22+,24+,27-,28+,29-,30+/m0/s1. The maximum absolute atomic E-state index is 7.03. The van der Waals surface area contributed by atoms with Gasteiger partial charge in [0, 0.05) is 30.0 Å². The number of methoxy groups -OCH3 is 2. The van der Waals surface area contributed by atoms with Crippen LogP contribution in [0.4, 0.5) is 0 Å². The summed E-state index contributed by atoms with van der Waals surface area (Å²) in [6.45, 7) is 3.90. The van der Waals surface area contributed by atoms with Gasteiger partial charge in [-0.3, -0.25) is 0 Å². The van der Waals surface area contributed by atoms with Crippen LogP contribution in [0.1, 0.15) is 36.5 Å². The molecule has 4 aliphatic carbocycles. The fourth-order valence-corrected chi connectivity index (χ4v) is 8.71. The fourth-order valence-electron chi connectivity index (χ4n) is 8.71. The van der Waals surface area contributed by atoms with Crippen LogP contribution in [-0.2, 0) is 27.9 Å². The van der Waals surface area contributed by atoms with Crippen molar-refractivity contribution in [2.45, 2.75) is 62.1 Å². The Hall–Kier alpha value is -2.34. The molecule has 35 heavy (non-hydrogen) atoms. The molecule has 5 nitrogen and oxygen atoms in total. The summed E-state index contributed by atoms with van der Waals surface area (Å²) in [6, 6.07) is 15.3. The first-order valence-electron chi connectivity index (χ1n) is 13.0. The highest BCUT2D eigenvalue weighted by molar-refractivity contribution is 5.65. The minimum atomic E-state index is -0.545. The lowest BCUT2D eigenvalue weighted by Crippen LogP contribution is -2.79.